The minimum Gasteiger partial charge on any atom is -0.465 e. The lowest BCUT2D eigenvalue weighted by Crippen LogP contribution is -2.40. The molecule has 1 saturated carbocycles. The average Bonchev–Trinajstić information content (AvgIpc) is 3.40. The monoisotopic (exact) mass is 474 g/mol. The summed E-state index contributed by atoms with van der Waals surface area (Å²) < 4.78 is 5.98. The first-order valence-corrected chi connectivity index (χ1v) is 14.0. The van der Waals surface area contributed by atoms with Crippen molar-refractivity contribution in [3.05, 3.63) is 65.6 Å². The van der Waals surface area contributed by atoms with Crippen LogP contribution in [0.3, 0.4) is 0 Å². The fourth-order valence-corrected chi connectivity index (χ4v) is 9.86. The first-order valence-electron chi connectivity index (χ1n) is 12.1. The maximum absolute atomic E-state index is 10.5. The molecule has 1 aromatic carbocycles. The lowest BCUT2D eigenvalue weighted by molar-refractivity contribution is 0.208. The second-order valence-electron chi connectivity index (χ2n) is 9.81. The lowest BCUT2D eigenvalue weighted by Gasteiger charge is -2.47. The Morgan fingerprint density at radius 3 is 2.52 bits per heavy atom. The Bertz CT molecular complexity index is 1070. The van der Waals surface area contributed by atoms with E-state index in [1.54, 1.807) is 6.26 Å². The Morgan fingerprint density at radius 1 is 1.00 bits per heavy atom. The van der Waals surface area contributed by atoms with Gasteiger partial charge in [-0.05, 0) is 92.4 Å². The normalized spacial score (nSPS) is 29.4. The number of thioether (sulfide) groups is 2. The van der Waals surface area contributed by atoms with Gasteiger partial charge in [-0.15, -0.1) is 23.5 Å². The molecule has 33 heavy (non-hydrogen) atoms. The highest BCUT2D eigenvalue weighted by molar-refractivity contribution is 8.18. The van der Waals surface area contributed by atoms with Gasteiger partial charge in [0, 0.05) is 11.1 Å². The summed E-state index contributed by atoms with van der Waals surface area (Å²) >= 11 is 4.18. The zero-order valence-electron chi connectivity index (χ0n) is 19.0. The summed E-state index contributed by atoms with van der Waals surface area (Å²) in [5.41, 5.74) is 2.84. The molecule has 0 radical (unpaired) electrons. The van der Waals surface area contributed by atoms with Crippen molar-refractivity contribution in [2.45, 2.75) is 61.4 Å². The first-order chi connectivity index (χ1) is 16.2. The first kappa shape index (κ1) is 22.7. The van der Waals surface area contributed by atoms with E-state index in [0.29, 0.717) is 5.92 Å². The molecule has 1 aromatic heterocycles. The molecular formula is C28H30N2OS2. The molecule has 170 valence electrons. The molecule has 3 aliphatic rings. The molecule has 0 amide bonds. The Balaban J connectivity index is 1.49. The Morgan fingerprint density at radius 2 is 1.82 bits per heavy atom. The standard InChI is InChI=1S/C28H30N2OS2/c29-18-25-23(17-27(20-30)10-5-11-28(19-27)32-13-6-14-33-28)15-22(21-7-2-1-3-8-21)16-24(25)26-9-4-12-31-26/h1-4,7-9,12,22-23H,5-6,10-11,13-17,19H2/t22-,23-,27+/m0/s1. The van der Waals surface area contributed by atoms with E-state index < -0.39 is 0 Å². The molecule has 1 saturated heterocycles. The van der Waals surface area contributed by atoms with Gasteiger partial charge in [0.05, 0.1) is 27.9 Å². The van der Waals surface area contributed by atoms with Crippen LogP contribution in [0.5, 0.6) is 0 Å². The van der Waals surface area contributed by atoms with Crippen molar-refractivity contribution < 1.29 is 4.42 Å². The van der Waals surface area contributed by atoms with Gasteiger partial charge in [-0.1, -0.05) is 30.3 Å². The van der Waals surface area contributed by atoms with Crippen LogP contribution in [0.1, 0.15) is 68.6 Å². The fraction of sp³-hybridized carbons (Fsp3) is 0.500. The smallest absolute Gasteiger partial charge is 0.130 e. The van der Waals surface area contributed by atoms with Crippen molar-refractivity contribution in [2.75, 3.05) is 11.5 Å². The number of nitrogens with zero attached hydrogens (tertiary/aromatic N) is 2. The summed E-state index contributed by atoms with van der Waals surface area (Å²) in [5, 5.41) is 20.8. The summed E-state index contributed by atoms with van der Waals surface area (Å²) in [5.74, 6) is 3.64. The van der Waals surface area contributed by atoms with Crippen LogP contribution in [-0.2, 0) is 0 Å². The van der Waals surface area contributed by atoms with Gasteiger partial charge in [0.1, 0.15) is 5.76 Å². The SMILES string of the molecule is N#CC1=C(c2ccco2)C[C@@H](c2ccccc2)C[C@H]1C[C@]1(C#N)CCCC2(C1)SCCCS2. The van der Waals surface area contributed by atoms with Crippen molar-refractivity contribution in [3.63, 3.8) is 0 Å². The molecule has 5 rings (SSSR count). The van der Waals surface area contributed by atoms with E-state index in [1.807, 2.05) is 12.1 Å². The molecule has 1 spiro atoms. The maximum atomic E-state index is 10.5. The number of hydrogen-bond donors (Lipinski definition) is 0. The van der Waals surface area contributed by atoms with Gasteiger partial charge in [-0.25, -0.2) is 0 Å². The molecule has 2 aliphatic carbocycles. The van der Waals surface area contributed by atoms with Crippen LogP contribution in [-0.4, -0.2) is 15.6 Å². The maximum Gasteiger partial charge on any atom is 0.130 e. The number of allylic oxidation sites excluding steroid dienone is 2. The average molecular weight is 475 g/mol. The molecule has 0 unspecified atom stereocenters. The minimum absolute atomic E-state index is 0.0856. The van der Waals surface area contributed by atoms with Crippen molar-refractivity contribution in [3.8, 4) is 12.1 Å². The number of hydrogen-bond acceptors (Lipinski definition) is 5. The zero-order valence-corrected chi connectivity index (χ0v) is 20.6. The van der Waals surface area contributed by atoms with Crippen LogP contribution in [0.25, 0.3) is 5.57 Å². The highest BCUT2D eigenvalue weighted by atomic mass is 32.2. The molecule has 2 fully saturated rings. The van der Waals surface area contributed by atoms with E-state index in [4.69, 9.17) is 4.42 Å². The van der Waals surface area contributed by atoms with E-state index in [9.17, 15) is 10.5 Å². The van der Waals surface area contributed by atoms with Crippen molar-refractivity contribution >= 4 is 29.1 Å². The van der Waals surface area contributed by atoms with Gasteiger partial charge < -0.3 is 4.42 Å². The number of nitriles is 2. The van der Waals surface area contributed by atoms with Crippen LogP contribution in [0, 0.1) is 34.0 Å². The van der Waals surface area contributed by atoms with Gasteiger partial charge in [-0.3, -0.25) is 0 Å². The van der Waals surface area contributed by atoms with Crippen LogP contribution in [0.2, 0.25) is 0 Å². The third-order valence-corrected chi connectivity index (χ3v) is 11.1. The molecule has 2 heterocycles. The van der Waals surface area contributed by atoms with Gasteiger partial charge in [0.2, 0.25) is 0 Å². The van der Waals surface area contributed by atoms with Crippen molar-refractivity contribution in [1.29, 1.82) is 10.5 Å². The molecule has 0 N–H and O–H groups in total. The van der Waals surface area contributed by atoms with Gasteiger partial charge in [0.25, 0.3) is 0 Å². The van der Waals surface area contributed by atoms with Crippen LogP contribution in [0.15, 0.2) is 58.7 Å². The summed E-state index contributed by atoms with van der Waals surface area (Å²) in [7, 11) is 0. The Labute approximate surface area is 205 Å². The molecule has 3 nitrogen and oxygen atoms in total. The zero-order chi connectivity index (χ0) is 22.7. The van der Waals surface area contributed by atoms with Gasteiger partial charge in [0.15, 0.2) is 0 Å². The van der Waals surface area contributed by atoms with Gasteiger partial charge >= 0.3 is 0 Å². The van der Waals surface area contributed by atoms with Gasteiger partial charge in [-0.2, -0.15) is 10.5 Å². The predicted molar refractivity (Wildman–Crippen MR) is 137 cm³/mol. The second-order valence-corrected chi connectivity index (χ2v) is 13.0. The molecular weight excluding hydrogens is 444 g/mol. The summed E-state index contributed by atoms with van der Waals surface area (Å²) in [4.78, 5) is 0. The molecule has 3 atom stereocenters. The summed E-state index contributed by atoms with van der Waals surface area (Å²) in [6, 6.07) is 19.9. The Kier molecular flexibility index (Phi) is 6.64. The third-order valence-electron chi connectivity index (χ3n) is 7.68. The van der Waals surface area contributed by atoms with Crippen molar-refractivity contribution in [1.82, 2.24) is 0 Å². The second kappa shape index (κ2) is 9.65. The molecule has 0 bridgehead atoms. The number of rotatable bonds is 4. The van der Waals surface area contributed by atoms with E-state index in [0.717, 1.165) is 55.4 Å². The highest BCUT2D eigenvalue weighted by Gasteiger charge is 2.48. The van der Waals surface area contributed by atoms with Crippen LogP contribution >= 0.6 is 23.5 Å². The minimum atomic E-state index is -0.352. The van der Waals surface area contributed by atoms with E-state index >= 15 is 0 Å². The number of furan rings is 1. The van der Waals surface area contributed by atoms with E-state index in [1.165, 1.54) is 29.9 Å². The topological polar surface area (TPSA) is 60.7 Å². The van der Waals surface area contributed by atoms with Crippen molar-refractivity contribution in [2.24, 2.45) is 11.3 Å². The summed E-state index contributed by atoms with van der Waals surface area (Å²) in [6.07, 6.45) is 9.70. The summed E-state index contributed by atoms with van der Waals surface area (Å²) in [6.45, 7) is 0. The highest BCUT2D eigenvalue weighted by Crippen LogP contribution is 2.59. The molecule has 5 heteroatoms. The van der Waals surface area contributed by atoms with Crippen LogP contribution in [0.4, 0.5) is 0 Å². The number of benzene rings is 1. The molecule has 2 aromatic rings. The quantitative estimate of drug-likeness (QED) is 0.452. The molecule has 1 aliphatic heterocycles. The third kappa shape index (κ3) is 4.64. The largest absolute Gasteiger partial charge is 0.465 e. The lowest BCUT2D eigenvalue weighted by atomic mass is 9.64. The fourth-order valence-electron chi connectivity index (χ4n) is 6.19. The van der Waals surface area contributed by atoms with E-state index in [-0.39, 0.29) is 15.4 Å². The van der Waals surface area contributed by atoms with Crippen LogP contribution < -0.4 is 0 Å². The van der Waals surface area contributed by atoms with E-state index in [2.05, 4.69) is 66.0 Å². The predicted octanol–water partition coefficient (Wildman–Crippen LogP) is 7.79. The Hall–Kier alpha value is -2.08.